The van der Waals surface area contributed by atoms with Gasteiger partial charge >= 0.3 is 5.97 Å². The summed E-state index contributed by atoms with van der Waals surface area (Å²) in [4.78, 5) is 23.7. The molecule has 0 aromatic carbocycles. The van der Waals surface area contributed by atoms with Crippen LogP contribution in [0.15, 0.2) is 0 Å². The molecule has 0 spiro atoms. The molecule has 3 N–H and O–H groups in total. The molecular weight excluding hydrogens is 196 g/mol. The Hall–Kier alpha value is -1.10. The molecule has 0 aromatic rings. The number of hydrogen-bond acceptors (Lipinski definition) is 3. The average Bonchev–Trinajstić information content (AvgIpc) is 2.17. The molecule has 1 atom stereocenters. The number of carbonyl (C=O) groups is 2. The molecule has 5 nitrogen and oxygen atoms in total. The van der Waals surface area contributed by atoms with Crippen LogP contribution in [0, 0.1) is 5.92 Å². The highest BCUT2D eigenvalue weighted by molar-refractivity contribution is 5.81. The molecule has 86 valence electrons. The lowest BCUT2D eigenvalue weighted by Crippen LogP contribution is -2.46. The first-order valence-corrected chi connectivity index (χ1v) is 5.27. The fourth-order valence-electron chi connectivity index (χ4n) is 1.89. The van der Waals surface area contributed by atoms with Crippen LogP contribution in [0.25, 0.3) is 0 Å². The van der Waals surface area contributed by atoms with Gasteiger partial charge in [0, 0.05) is 19.5 Å². The topological polar surface area (TPSA) is 83.6 Å². The summed E-state index contributed by atoms with van der Waals surface area (Å²) in [6.45, 7) is 2.95. The first kappa shape index (κ1) is 12.0. The summed E-state index contributed by atoms with van der Waals surface area (Å²) >= 11 is 0. The molecule has 0 aromatic heterocycles. The van der Waals surface area contributed by atoms with Crippen LogP contribution < -0.4 is 5.73 Å². The Bertz CT molecular complexity index is 245. The number of amides is 1. The van der Waals surface area contributed by atoms with E-state index in [0.29, 0.717) is 13.1 Å². The normalized spacial score (nSPS) is 20.0. The maximum Gasteiger partial charge on any atom is 0.303 e. The van der Waals surface area contributed by atoms with Gasteiger partial charge in [0.2, 0.25) is 5.91 Å². The summed E-state index contributed by atoms with van der Waals surface area (Å²) in [5.41, 5.74) is 5.50. The molecule has 0 unspecified atom stereocenters. The number of hydrogen-bond donors (Lipinski definition) is 2. The molecule has 5 heteroatoms. The van der Waals surface area contributed by atoms with Crippen LogP contribution >= 0.6 is 0 Å². The summed E-state index contributed by atoms with van der Waals surface area (Å²) in [7, 11) is 0. The SMILES string of the molecule is C[C@H](N)C(=O)N1CCC(CC(=O)O)CC1. The van der Waals surface area contributed by atoms with Crippen molar-refractivity contribution >= 4 is 11.9 Å². The van der Waals surface area contributed by atoms with Gasteiger partial charge < -0.3 is 15.7 Å². The summed E-state index contributed by atoms with van der Waals surface area (Å²) in [6.07, 6.45) is 1.75. The number of likely N-dealkylation sites (tertiary alicyclic amines) is 1. The standard InChI is InChI=1S/C10H18N2O3/c1-7(11)10(15)12-4-2-8(3-5-12)6-9(13)14/h7-8H,2-6,11H2,1H3,(H,13,14)/t7-/m0/s1. The molecule has 0 radical (unpaired) electrons. The minimum absolute atomic E-state index is 0.0382. The third-order valence-electron chi connectivity index (χ3n) is 2.78. The summed E-state index contributed by atoms with van der Waals surface area (Å²) in [5.74, 6) is -0.588. The first-order valence-electron chi connectivity index (χ1n) is 5.27. The van der Waals surface area contributed by atoms with Gasteiger partial charge in [0.25, 0.3) is 0 Å². The number of nitrogens with zero attached hydrogens (tertiary/aromatic N) is 1. The van der Waals surface area contributed by atoms with Gasteiger partial charge in [-0.15, -0.1) is 0 Å². The number of rotatable bonds is 3. The fraction of sp³-hybridized carbons (Fsp3) is 0.800. The average molecular weight is 214 g/mol. The van der Waals surface area contributed by atoms with Crippen LogP contribution in [0.5, 0.6) is 0 Å². The van der Waals surface area contributed by atoms with Crippen LogP contribution in [0.1, 0.15) is 26.2 Å². The highest BCUT2D eigenvalue weighted by atomic mass is 16.4. The van der Waals surface area contributed by atoms with Crippen molar-refractivity contribution in [3.8, 4) is 0 Å². The maximum atomic E-state index is 11.5. The van der Waals surface area contributed by atoms with Gasteiger partial charge in [-0.2, -0.15) is 0 Å². The van der Waals surface area contributed by atoms with Gasteiger partial charge in [-0.25, -0.2) is 0 Å². The summed E-state index contributed by atoms with van der Waals surface area (Å²) in [6, 6.07) is -0.457. The molecule has 1 amide bonds. The van der Waals surface area contributed by atoms with E-state index in [1.165, 1.54) is 0 Å². The van der Waals surface area contributed by atoms with E-state index in [-0.39, 0.29) is 18.2 Å². The Morgan fingerprint density at radius 2 is 2.00 bits per heavy atom. The number of carbonyl (C=O) groups excluding carboxylic acids is 1. The second-order valence-electron chi connectivity index (χ2n) is 4.16. The van der Waals surface area contributed by atoms with Gasteiger partial charge in [-0.1, -0.05) is 0 Å². The highest BCUT2D eigenvalue weighted by Crippen LogP contribution is 2.20. The smallest absolute Gasteiger partial charge is 0.303 e. The number of carboxylic acid groups (broad SMARTS) is 1. The van der Waals surface area contributed by atoms with Gasteiger partial charge in [-0.3, -0.25) is 9.59 Å². The second-order valence-corrected chi connectivity index (χ2v) is 4.16. The van der Waals surface area contributed by atoms with Crippen molar-refractivity contribution in [1.82, 2.24) is 4.90 Å². The van der Waals surface area contributed by atoms with Gasteiger partial charge in [-0.05, 0) is 25.7 Å². The largest absolute Gasteiger partial charge is 0.481 e. The summed E-state index contributed by atoms with van der Waals surface area (Å²) in [5, 5.41) is 8.63. The fourth-order valence-corrected chi connectivity index (χ4v) is 1.89. The Kier molecular flexibility index (Phi) is 4.08. The van der Waals surface area contributed by atoms with Crippen molar-refractivity contribution < 1.29 is 14.7 Å². The minimum Gasteiger partial charge on any atom is -0.481 e. The molecular formula is C10H18N2O3. The zero-order valence-corrected chi connectivity index (χ0v) is 8.98. The summed E-state index contributed by atoms with van der Waals surface area (Å²) < 4.78 is 0. The molecule has 1 fully saturated rings. The highest BCUT2D eigenvalue weighted by Gasteiger charge is 2.25. The van der Waals surface area contributed by atoms with E-state index in [9.17, 15) is 9.59 Å². The Morgan fingerprint density at radius 1 is 1.47 bits per heavy atom. The van der Waals surface area contributed by atoms with Crippen LogP contribution in [0.4, 0.5) is 0 Å². The predicted molar refractivity (Wildman–Crippen MR) is 55.2 cm³/mol. The van der Waals surface area contributed by atoms with Crippen LogP contribution in [-0.4, -0.2) is 41.0 Å². The van der Waals surface area contributed by atoms with Crippen LogP contribution in [-0.2, 0) is 9.59 Å². The lowest BCUT2D eigenvalue weighted by Gasteiger charge is -2.32. The Balaban J connectivity index is 2.35. The van der Waals surface area contributed by atoms with Crippen molar-refractivity contribution in [3.63, 3.8) is 0 Å². The molecule has 0 saturated carbocycles. The van der Waals surface area contributed by atoms with Crippen molar-refractivity contribution in [3.05, 3.63) is 0 Å². The van der Waals surface area contributed by atoms with Crippen molar-refractivity contribution in [2.75, 3.05) is 13.1 Å². The van der Waals surface area contributed by atoms with Crippen LogP contribution in [0.3, 0.4) is 0 Å². The maximum absolute atomic E-state index is 11.5. The van der Waals surface area contributed by atoms with Crippen molar-refractivity contribution in [1.29, 1.82) is 0 Å². The monoisotopic (exact) mass is 214 g/mol. The predicted octanol–water partition coefficient (Wildman–Crippen LogP) is 0.0469. The molecule has 0 aliphatic carbocycles. The van der Waals surface area contributed by atoms with Gasteiger partial charge in [0.05, 0.1) is 6.04 Å². The lowest BCUT2D eigenvalue weighted by molar-refractivity contribution is -0.138. The molecule has 0 bridgehead atoms. The molecule has 1 aliphatic rings. The molecule has 1 heterocycles. The van der Waals surface area contributed by atoms with Gasteiger partial charge in [0.15, 0.2) is 0 Å². The van der Waals surface area contributed by atoms with E-state index in [1.807, 2.05) is 0 Å². The van der Waals surface area contributed by atoms with Crippen molar-refractivity contribution in [2.24, 2.45) is 11.7 Å². The number of aliphatic carboxylic acids is 1. The van der Waals surface area contributed by atoms with E-state index in [4.69, 9.17) is 10.8 Å². The van der Waals surface area contributed by atoms with E-state index in [0.717, 1.165) is 12.8 Å². The lowest BCUT2D eigenvalue weighted by atomic mass is 9.93. The second kappa shape index (κ2) is 5.11. The van der Waals surface area contributed by atoms with E-state index < -0.39 is 12.0 Å². The Labute approximate surface area is 89.2 Å². The third kappa shape index (κ3) is 3.51. The molecule has 15 heavy (non-hydrogen) atoms. The molecule has 1 aliphatic heterocycles. The van der Waals surface area contributed by atoms with E-state index >= 15 is 0 Å². The number of carboxylic acids is 1. The molecule has 1 rings (SSSR count). The minimum atomic E-state index is -0.757. The number of piperidine rings is 1. The van der Waals surface area contributed by atoms with Crippen molar-refractivity contribution in [2.45, 2.75) is 32.2 Å². The zero-order chi connectivity index (χ0) is 11.4. The van der Waals surface area contributed by atoms with E-state index in [1.54, 1.807) is 11.8 Å². The first-order chi connectivity index (χ1) is 7.00. The third-order valence-corrected chi connectivity index (χ3v) is 2.78. The van der Waals surface area contributed by atoms with Gasteiger partial charge in [0.1, 0.15) is 0 Å². The van der Waals surface area contributed by atoms with E-state index in [2.05, 4.69) is 0 Å². The zero-order valence-electron chi connectivity index (χ0n) is 8.98. The molecule has 1 saturated heterocycles. The number of nitrogens with two attached hydrogens (primary N) is 1. The quantitative estimate of drug-likeness (QED) is 0.695. The Morgan fingerprint density at radius 3 is 2.40 bits per heavy atom. The van der Waals surface area contributed by atoms with Crippen LogP contribution in [0.2, 0.25) is 0 Å².